The summed E-state index contributed by atoms with van der Waals surface area (Å²) in [6.45, 7) is 7.52. The third-order valence-electron chi connectivity index (χ3n) is 3.26. The quantitative estimate of drug-likeness (QED) is 0.618. The maximum Gasteiger partial charge on any atom is 0.133 e. The third-order valence-corrected chi connectivity index (χ3v) is 3.26. The van der Waals surface area contributed by atoms with E-state index in [1.165, 1.54) is 0 Å². The molecule has 2 aromatic rings. The van der Waals surface area contributed by atoms with Gasteiger partial charge < -0.3 is 16.2 Å². The van der Waals surface area contributed by atoms with E-state index in [2.05, 4.69) is 13.2 Å². The smallest absolute Gasteiger partial charge is 0.133 e. The van der Waals surface area contributed by atoms with Crippen LogP contribution in [0.15, 0.2) is 61.7 Å². The normalized spacial score (nSPS) is 10.1. The molecule has 2 aromatic carbocycles. The summed E-state index contributed by atoms with van der Waals surface area (Å²) < 4.78 is 6.05. The van der Waals surface area contributed by atoms with Crippen molar-refractivity contribution in [1.29, 1.82) is 0 Å². The molecule has 0 saturated carbocycles. The Balaban J connectivity index is 2.43. The predicted octanol–water partition coefficient (Wildman–Crippen LogP) is 4.10. The Kier molecular flexibility index (Phi) is 4.67. The van der Waals surface area contributed by atoms with Gasteiger partial charge >= 0.3 is 0 Å². The van der Waals surface area contributed by atoms with Crippen LogP contribution in [0.2, 0.25) is 0 Å². The summed E-state index contributed by atoms with van der Waals surface area (Å²) in [5, 5.41) is 0. The summed E-state index contributed by atoms with van der Waals surface area (Å²) in [5.41, 5.74) is 15.3. The van der Waals surface area contributed by atoms with E-state index in [9.17, 15) is 0 Å². The van der Waals surface area contributed by atoms with Crippen molar-refractivity contribution in [3.63, 3.8) is 0 Å². The zero-order chi connectivity index (χ0) is 15.2. The van der Waals surface area contributed by atoms with Crippen LogP contribution in [0, 0.1) is 0 Å². The molecule has 0 bridgehead atoms. The van der Waals surface area contributed by atoms with Crippen LogP contribution in [-0.4, -0.2) is 0 Å². The molecule has 0 heterocycles. The van der Waals surface area contributed by atoms with Crippen molar-refractivity contribution in [3.8, 4) is 11.5 Å². The van der Waals surface area contributed by atoms with Crippen LogP contribution in [0.1, 0.15) is 11.1 Å². The van der Waals surface area contributed by atoms with Gasteiger partial charge in [0.2, 0.25) is 0 Å². The minimum absolute atomic E-state index is 0.654. The van der Waals surface area contributed by atoms with E-state index in [4.69, 9.17) is 16.2 Å². The summed E-state index contributed by atoms with van der Waals surface area (Å²) in [6.07, 6.45) is 4.92. The van der Waals surface area contributed by atoms with E-state index in [0.717, 1.165) is 22.6 Å². The summed E-state index contributed by atoms with van der Waals surface area (Å²) in [4.78, 5) is 0. The van der Waals surface area contributed by atoms with Crippen molar-refractivity contribution in [2.75, 3.05) is 11.5 Å². The first-order valence-electron chi connectivity index (χ1n) is 6.81. The van der Waals surface area contributed by atoms with Gasteiger partial charge in [0.25, 0.3) is 0 Å². The molecule has 21 heavy (non-hydrogen) atoms. The fourth-order valence-corrected chi connectivity index (χ4v) is 2.20. The second-order valence-corrected chi connectivity index (χ2v) is 4.74. The first kappa shape index (κ1) is 14.7. The van der Waals surface area contributed by atoms with Gasteiger partial charge in [-0.15, -0.1) is 13.2 Å². The molecule has 0 aromatic heterocycles. The molecule has 0 aliphatic rings. The van der Waals surface area contributed by atoms with Gasteiger partial charge in [0, 0.05) is 22.5 Å². The van der Waals surface area contributed by atoms with Gasteiger partial charge in [0.05, 0.1) is 0 Å². The summed E-state index contributed by atoms with van der Waals surface area (Å²) in [6, 6.07) is 11.3. The summed E-state index contributed by atoms with van der Waals surface area (Å²) >= 11 is 0. The standard InChI is InChI=1S/C18H20N2O/c1-3-7-13-15(19)9-5-11-17(13)21-18-12-6-10-16(20)14(18)8-4-2/h3-6,9-12H,1-2,7-8,19-20H2. The lowest BCUT2D eigenvalue weighted by molar-refractivity contribution is 0.473. The second kappa shape index (κ2) is 6.66. The van der Waals surface area contributed by atoms with Crippen LogP contribution < -0.4 is 16.2 Å². The molecule has 0 fully saturated rings. The van der Waals surface area contributed by atoms with Gasteiger partial charge in [-0.1, -0.05) is 24.3 Å². The monoisotopic (exact) mass is 280 g/mol. The Morgan fingerprint density at radius 1 is 0.810 bits per heavy atom. The van der Waals surface area contributed by atoms with Crippen molar-refractivity contribution in [2.24, 2.45) is 0 Å². The van der Waals surface area contributed by atoms with Crippen molar-refractivity contribution in [1.82, 2.24) is 0 Å². The molecule has 3 nitrogen and oxygen atoms in total. The molecule has 0 aliphatic heterocycles. The van der Waals surface area contributed by atoms with Crippen LogP contribution in [-0.2, 0) is 12.8 Å². The number of anilines is 2. The molecule has 3 heteroatoms. The summed E-state index contributed by atoms with van der Waals surface area (Å²) in [5.74, 6) is 1.46. The highest BCUT2D eigenvalue weighted by molar-refractivity contribution is 5.59. The average molecular weight is 280 g/mol. The first-order valence-corrected chi connectivity index (χ1v) is 6.81. The first-order chi connectivity index (χ1) is 10.2. The molecule has 0 spiro atoms. The number of hydrogen-bond acceptors (Lipinski definition) is 3. The maximum atomic E-state index is 6.05. The molecule has 0 radical (unpaired) electrons. The molecule has 2 rings (SSSR count). The highest BCUT2D eigenvalue weighted by Crippen LogP contribution is 2.33. The van der Waals surface area contributed by atoms with E-state index in [0.29, 0.717) is 24.2 Å². The minimum Gasteiger partial charge on any atom is -0.457 e. The Bertz CT molecular complexity index is 605. The van der Waals surface area contributed by atoms with Crippen LogP contribution >= 0.6 is 0 Å². The number of nitrogens with two attached hydrogens (primary N) is 2. The van der Waals surface area contributed by atoms with Crippen molar-refractivity contribution in [2.45, 2.75) is 12.8 Å². The molecule has 0 aliphatic carbocycles. The largest absolute Gasteiger partial charge is 0.457 e. The number of ether oxygens (including phenoxy) is 1. The second-order valence-electron chi connectivity index (χ2n) is 4.74. The number of allylic oxidation sites excluding steroid dienone is 2. The van der Waals surface area contributed by atoms with Crippen LogP contribution in [0.25, 0.3) is 0 Å². The fraction of sp³-hybridized carbons (Fsp3) is 0.111. The zero-order valence-electron chi connectivity index (χ0n) is 12.0. The average Bonchev–Trinajstić information content (AvgIpc) is 2.46. The topological polar surface area (TPSA) is 61.3 Å². The van der Waals surface area contributed by atoms with Gasteiger partial charge in [-0.05, 0) is 37.1 Å². The maximum absolute atomic E-state index is 6.05. The highest BCUT2D eigenvalue weighted by atomic mass is 16.5. The fourth-order valence-electron chi connectivity index (χ4n) is 2.20. The Morgan fingerprint density at radius 2 is 1.24 bits per heavy atom. The molecular formula is C18H20N2O. The van der Waals surface area contributed by atoms with E-state index in [-0.39, 0.29) is 0 Å². The van der Waals surface area contributed by atoms with Crippen LogP contribution in [0.4, 0.5) is 11.4 Å². The molecule has 0 atom stereocenters. The zero-order valence-corrected chi connectivity index (χ0v) is 12.0. The SMILES string of the molecule is C=CCc1c(N)cccc1Oc1cccc(N)c1CC=C. The molecule has 0 saturated heterocycles. The van der Waals surface area contributed by atoms with Gasteiger partial charge in [-0.25, -0.2) is 0 Å². The van der Waals surface area contributed by atoms with E-state index in [1.54, 1.807) is 0 Å². The van der Waals surface area contributed by atoms with Crippen molar-refractivity contribution >= 4 is 11.4 Å². The Labute approximate surface area is 125 Å². The van der Waals surface area contributed by atoms with E-state index >= 15 is 0 Å². The van der Waals surface area contributed by atoms with Crippen molar-refractivity contribution in [3.05, 3.63) is 72.8 Å². The third kappa shape index (κ3) is 3.26. The minimum atomic E-state index is 0.654. The molecule has 4 N–H and O–H groups in total. The van der Waals surface area contributed by atoms with Gasteiger partial charge in [-0.3, -0.25) is 0 Å². The molecule has 0 amide bonds. The van der Waals surface area contributed by atoms with Gasteiger partial charge in [-0.2, -0.15) is 0 Å². The lowest BCUT2D eigenvalue weighted by atomic mass is 10.1. The van der Waals surface area contributed by atoms with E-state index < -0.39 is 0 Å². The molecular weight excluding hydrogens is 260 g/mol. The number of hydrogen-bond donors (Lipinski definition) is 2. The van der Waals surface area contributed by atoms with Crippen LogP contribution in [0.3, 0.4) is 0 Å². The van der Waals surface area contributed by atoms with Gasteiger partial charge in [0.15, 0.2) is 0 Å². The lowest BCUT2D eigenvalue weighted by Gasteiger charge is -2.15. The predicted molar refractivity (Wildman–Crippen MR) is 89.6 cm³/mol. The Morgan fingerprint density at radius 3 is 1.62 bits per heavy atom. The van der Waals surface area contributed by atoms with Crippen molar-refractivity contribution < 1.29 is 4.74 Å². The van der Waals surface area contributed by atoms with E-state index in [1.807, 2.05) is 48.6 Å². The van der Waals surface area contributed by atoms with Crippen LogP contribution in [0.5, 0.6) is 11.5 Å². The lowest BCUT2D eigenvalue weighted by Crippen LogP contribution is -2.00. The summed E-state index contributed by atoms with van der Waals surface area (Å²) in [7, 11) is 0. The highest BCUT2D eigenvalue weighted by Gasteiger charge is 2.11. The number of rotatable bonds is 6. The number of nitrogen functional groups attached to an aromatic ring is 2. The molecule has 0 unspecified atom stereocenters. The Hall–Kier alpha value is -2.68. The molecule has 108 valence electrons. The van der Waals surface area contributed by atoms with Gasteiger partial charge in [0.1, 0.15) is 11.5 Å². The number of benzene rings is 2.